The second-order valence-corrected chi connectivity index (χ2v) is 6.25. The summed E-state index contributed by atoms with van der Waals surface area (Å²) in [6, 6.07) is 0. The van der Waals surface area contributed by atoms with Gasteiger partial charge in [-0.3, -0.25) is 0 Å². The Morgan fingerprint density at radius 2 is 2.06 bits per heavy atom. The summed E-state index contributed by atoms with van der Waals surface area (Å²) < 4.78 is 32.1. The van der Waals surface area contributed by atoms with Crippen LogP contribution in [0.1, 0.15) is 19.8 Å². The van der Waals surface area contributed by atoms with E-state index in [4.69, 9.17) is 5.11 Å². The number of hydrogen-bond acceptors (Lipinski definition) is 4. The molecule has 1 heterocycles. The maximum absolute atomic E-state index is 11.9. The Hall–Kier alpha value is -0.700. The Morgan fingerprint density at radius 1 is 1.50 bits per heavy atom. The number of ether oxygens (including phenoxy) is 1. The van der Waals surface area contributed by atoms with Gasteiger partial charge in [0.05, 0.1) is 0 Å². The second kappa shape index (κ2) is 6.46. The van der Waals surface area contributed by atoms with Crippen LogP contribution in [0.4, 0.5) is 0 Å². The van der Waals surface area contributed by atoms with Crippen LogP contribution in [0.3, 0.4) is 0 Å². The van der Waals surface area contributed by atoms with E-state index >= 15 is 0 Å². The predicted molar refractivity (Wildman–Crippen MR) is 65.3 cm³/mol. The van der Waals surface area contributed by atoms with Crippen molar-refractivity contribution in [2.24, 2.45) is 5.92 Å². The minimum Gasteiger partial charge on any atom is -0.479 e. The monoisotopic (exact) mass is 280 g/mol. The fraction of sp³-hybridized carbons (Fsp3) is 0.900. The topological polar surface area (TPSA) is 95.9 Å². The fourth-order valence-corrected chi connectivity index (χ4v) is 3.01. The molecule has 1 saturated heterocycles. The van der Waals surface area contributed by atoms with Gasteiger partial charge in [-0.25, -0.2) is 4.79 Å². The molecule has 8 heteroatoms. The van der Waals surface area contributed by atoms with Crippen LogP contribution < -0.4 is 4.72 Å². The van der Waals surface area contributed by atoms with Crippen molar-refractivity contribution in [2.45, 2.75) is 25.9 Å². The number of methoxy groups -OCH3 is 1. The largest absolute Gasteiger partial charge is 0.479 e. The standard InChI is InChI=1S/C10H20N2O5S/c1-8-3-5-12(6-4-8)18(15,16)11-7-9(17-2)10(13)14/h8-9,11H,3-7H2,1-2H3,(H,13,14). The zero-order valence-corrected chi connectivity index (χ0v) is 11.4. The van der Waals surface area contributed by atoms with E-state index in [2.05, 4.69) is 16.4 Å². The molecule has 0 bridgehead atoms. The summed E-state index contributed by atoms with van der Waals surface area (Å²) in [4.78, 5) is 10.7. The van der Waals surface area contributed by atoms with Gasteiger partial charge in [0.25, 0.3) is 10.2 Å². The Labute approximate surface area is 107 Å². The highest BCUT2D eigenvalue weighted by Gasteiger charge is 2.28. The fourth-order valence-electron chi connectivity index (χ4n) is 1.77. The molecule has 0 aromatic carbocycles. The van der Waals surface area contributed by atoms with Crippen molar-refractivity contribution in [1.29, 1.82) is 0 Å². The summed E-state index contributed by atoms with van der Waals surface area (Å²) in [6.07, 6.45) is 0.490. The van der Waals surface area contributed by atoms with Crippen LogP contribution in [-0.2, 0) is 19.7 Å². The van der Waals surface area contributed by atoms with E-state index in [1.807, 2.05) is 0 Å². The van der Waals surface area contributed by atoms with Crippen LogP contribution in [0.25, 0.3) is 0 Å². The van der Waals surface area contributed by atoms with Crippen molar-refractivity contribution in [3.8, 4) is 0 Å². The molecule has 0 aromatic rings. The summed E-state index contributed by atoms with van der Waals surface area (Å²) in [5, 5.41) is 8.74. The number of nitrogens with one attached hydrogen (secondary N) is 1. The van der Waals surface area contributed by atoms with Crippen LogP contribution in [0, 0.1) is 5.92 Å². The van der Waals surface area contributed by atoms with E-state index in [1.54, 1.807) is 0 Å². The third kappa shape index (κ3) is 4.20. The molecule has 0 aliphatic carbocycles. The molecule has 1 atom stereocenters. The summed E-state index contributed by atoms with van der Waals surface area (Å²) in [6.45, 7) is 2.77. The van der Waals surface area contributed by atoms with E-state index in [1.165, 1.54) is 11.4 Å². The first kappa shape index (κ1) is 15.4. The van der Waals surface area contributed by atoms with Gasteiger partial charge in [-0.2, -0.15) is 17.4 Å². The summed E-state index contributed by atoms with van der Waals surface area (Å²) in [7, 11) is -2.37. The molecule has 1 aliphatic heterocycles. The minimum absolute atomic E-state index is 0.264. The lowest BCUT2D eigenvalue weighted by atomic mass is 10.0. The first-order valence-electron chi connectivity index (χ1n) is 5.87. The zero-order chi connectivity index (χ0) is 13.8. The highest BCUT2D eigenvalue weighted by atomic mass is 32.2. The normalized spacial score (nSPS) is 20.8. The van der Waals surface area contributed by atoms with Crippen LogP contribution in [0.15, 0.2) is 0 Å². The van der Waals surface area contributed by atoms with Crippen molar-refractivity contribution in [3.05, 3.63) is 0 Å². The van der Waals surface area contributed by atoms with E-state index < -0.39 is 22.3 Å². The number of carbonyl (C=O) groups is 1. The van der Waals surface area contributed by atoms with Gasteiger partial charge in [-0.15, -0.1) is 0 Å². The molecule has 0 spiro atoms. The molecule has 0 radical (unpaired) electrons. The molecule has 2 N–H and O–H groups in total. The zero-order valence-electron chi connectivity index (χ0n) is 10.6. The molecule has 1 fully saturated rings. The second-order valence-electron chi connectivity index (χ2n) is 4.50. The maximum atomic E-state index is 11.9. The smallest absolute Gasteiger partial charge is 0.334 e. The molecular formula is C10H20N2O5S. The number of piperidine rings is 1. The Kier molecular flexibility index (Phi) is 5.51. The van der Waals surface area contributed by atoms with Crippen LogP contribution >= 0.6 is 0 Å². The Balaban J connectivity index is 2.52. The van der Waals surface area contributed by atoms with E-state index in [-0.39, 0.29) is 6.54 Å². The van der Waals surface area contributed by atoms with Gasteiger partial charge in [0.15, 0.2) is 6.10 Å². The van der Waals surface area contributed by atoms with Gasteiger partial charge in [-0.1, -0.05) is 6.92 Å². The summed E-state index contributed by atoms with van der Waals surface area (Å²) >= 11 is 0. The van der Waals surface area contributed by atoms with Crippen LogP contribution in [0.5, 0.6) is 0 Å². The molecular weight excluding hydrogens is 260 g/mol. The van der Waals surface area contributed by atoms with Crippen molar-refractivity contribution in [3.63, 3.8) is 0 Å². The minimum atomic E-state index is -3.61. The lowest BCUT2D eigenvalue weighted by Crippen LogP contribution is -2.47. The van der Waals surface area contributed by atoms with E-state index in [9.17, 15) is 13.2 Å². The molecule has 0 saturated carbocycles. The lowest BCUT2D eigenvalue weighted by molar-refractivity contribution is -0.147. The number of carboxylic acid groups (broad SMARTS) is 1. The number of nitrogens with zero attached hydrogens (tertiary/aromatic N) is 1. The van der Waals surface area contributed by atoms with Gasteiger partial charge in [-0.05, 0) is 18.8 Å². The van der Waals surface area contributed by atoms with Gasteiger partial charge in [0.2, 0.25) is 0 Å². The summed E-state index contributed by atoms with van der Waals surface area (Å²) in [5.41, 5.74) is 0. The third-order valence-corrected chi connectivity index (χ3v) is 4.67. The van der Waals surface area contributed by atoms with Gasteiger partial charge >= 0.3 is 5.97 Å². The van der Waals surface area contributed by atoms with Gasteiger partial charge in [0.1, 0.15) is 0 Å². The first-order valence-corrected chi connectivity index (χ1v) is 7.31. The lowest BCUT2D eigenvalue weighted by Gasteiger charge is -2.29. The van der Waals surface area contributed by atoms with E-state index in [0.717, 1.165) is 12.8 Å². The van der Waals surface area contributed by atoms with Crippen molar-refractivity contribution in [1.82, 2.24) is 9.03 Å². The highest BCUT2D eigenvalue weighted by Crippen LogP contribution is 2.17. The van der Waals surface area contributed by atoms with Crippen LogP contribution in [0.2, 0.25) is 0 Å². The molecule has 0 amide bonds. The SMILES string of the molecule is COC(CNS(=O)(=O)N1CCC(C)CC1)C(=O)O. The number of hydrogen-bond donors (Lipinski definition) is 2. The van der Waals surface area contributed by atoms with E-state index in [0.29, 0.717) is 19.0 Å². The molecule has 7 nitrogen and oxygen atoms in total. The molecule has 1 rings (SSSR count). The van der Waals surface area contributed by atoms with Crippen molar-refractivity contribution < 1.29 is 23.1 Å². The molecule has 1 aliphatic rings. The van der Waals surface area contributed by atoms with Gasteiger partial charge in [0, 0.05) is 26.7 Å². The molecule has 106 valence electrons. The quantitative estimate of drug-likeness (QED) is 0.693. The summed E-state index contributed by atoms with van der Waals surface area (Å²) in [5.74, 6) is -0.658. The molecule has 18 heavy (non-hydrogen) atoms. The predicted octanol–water partition coefficient (Wildman–Crippen LogP) is -0.348. The first-order chi connectivity index (χ1) is 8.36. The van der Waals surface area contributed by atoms with Crippen molar-refractivity contribution in [2.75, 3.05) is 26.7 Å². The third-order valence-electron chi connectivity index (χ3n) is 3.09. The molecule has 1 unspecified atom stereocenters. The van der Waals surface area contributed by atoms with Gasteiger partial charge < -0.3 is 9.84 Å². The average molecular weight is 280 g/mol. The highest BCUT2D eigenvalue weighted by molar-refractivity contribution is 7.87. The van der Waals surface area contributed by atoms with Crippen molar-refractivity contribution >= 4 is 16.2 Å². The Bertz CT molecular complexity index is 376. The number of rotatable bonds is 6. The molecule has 0 aromatic heterocycles. The number of aliphatic carboxylic acids is 1. The maximum Gasteiger partial charge on any atom is 0.334 e. The van der Waals surface area contributed by atoms with Crippen LogP contribution in [-0.4, -0.2) is 56.6 Å². The Morgan fingerprint density at radius 3 is 2.50 bits per heavy atom. The number of carboxylic acids is 1. The average Bonchev–Trinajstić information content (AvgIpc) is 2.29.